The second-order valence-electron chi connectivity index (χ2n) is 5.99. The fourth-order valence-corrected chi connectivity index (χ4v) is 2.89. The summed E-state index contributed by atoms with van der Waals surface area (Å²) in [6.45, 7) is 7.24. The van der Waals surface area contributed by atoms with Crippen LogP contribution >= 0.6 is 0 Å². The van der Waals surface area contributed by atoms with E-state index in [-0.39, 0.29) is 0 Å². The van der Waals surface area contributed by atoms with Crippen LogP contribution in [0.1, 0.15) is 37.8 Å². The molecule has 1 N–H and O–H groups in total. The first-order valence-corrected chi connectivity index (χ1v) is 8.06. The zero-order valence-corrected chi connectivity index (χ0v) is 14.4. The minimum absolute atomic E-state index is 0.604. The van der Waals surface area contributed by atoms with Gasteiger partial charge in [-0.15, -0.1) is 0 Å². The summed E-state index contributed by atoms with van der Waals surface area (Å²) >= 11 is 0. The lowest BCUT2D eigenvalue weighted by molar-refractivity contribution is 0.185. The molecule has 0 radical (unpaired) electrons. The normalized spacial score (nSPS) is 13.1. The molecule has 1 aromatic carbocycles. The van der Waals surface area contributed by atoms with E-state index in [1.807, 2.05) is 0 Å². The maximum Gasteiger partial charge on any atom is 0.0713 e. The summed E-state index contributed by atoms with van der Waals surface area (Å²) in [5.41, 5.74) is 2.56. The van der Waals surface area contributed by atoms with Crippen LogP contribution in [0.15, 0.2) is 24.3 Å². The Kier molecular flexibility index (Phi) is 8.58. The molecule has 1 rings (SSSR count). The Labute approximate surface area is 130 Å². The van der Waals surface area contributed by atoms with Gasteiger partial charge in [0.1, 0.15) is 0 Å². The van der Waals surface area contributed by atoms with Gasteiger partial charge in [-0.05, 0) is 31.1 Å². The molecular weight excluding hydrogens is 260 g/mol. The van der Waals surface area contributed by atoms with Crippen molar-refractivity contribution in [2.75, 3.05) is 27.7 Å². The van der Waals surface area contributed by atoms with Gasteiger partial charge in [0.25, 0.3) is 0 Å². The highest BCUT2D eigenvalue weighted by Crippen LogP contribution is 2.16. The molecule has 0 aromatic heterocycles. The van der Waals surface area contributed by atoms with Crippen LogP contribution in [-0.4, -0.2) is 38.7 Å². The average molecular weight is 292 g/mol. The lowest BCUT2D eigenvalue weighted by atomic mass is 9.93. The van der Waals surface area contributed by atoms with Crippen molar-refractivity contribution < 1.29 is 4.74 Å². The average Bonchev–Trinajstić information content (AvgIpc) is 2.48. The van der Waals surface area contributed by atoms with E-state index < -0.39 is 0 Å². The first kappa shape index (κ1) is 18.1. The Bertz CT molecular complexity index is 371. The molecule has 0 bridgehead atoms. The van der Waals surface area contributed by atoms with Crippen molar-refractivity contribution >= 4 is 0 Å². The quantitative estimate of drug-likeness (QED) is 0.716. The lowest BCUT2D eigenvalue weighted by Crippen LogP contribution is -2.42. The molecule has 0 fully saturated rings. The van der Waals surface area contributed by atoms with E-state index in [0.29, 0.717) is 12.6 Å². The first-order valence-electron chi connectivity index (χ1n) is 8.06. The molecule has 1 aromatic rings. The maximum atomic E-state index is 5.14. The van der Waals surface area contributed by atoms with Crippen molar-refractivity contribution in [1.29, 1.82) is 0 Å². The molecule has 0 spiro atoms. The van der Waals surface area contributed by atoms with Crippen molar-refractivity contribution in [2.45, 2.75) is 45.9 Å². The third kappa shape index (κ3) is 6.16. The topological polar surface area (TPSA) is 24.5 Å². The van der Waals surface area contributed by atoms with Gasteiger partial charge in [0.2, 0.25) is 0 Å². The molecule has 0 amide bonds. The minimum Gasteiger partial charge on any atom is -0.380 e. The van der Waals surface area contributed by atoms with Crippen LogP contribution in [0.25, 0.3) is 0 Å². The standard InChI is InChI=1S/C18H32N2O/c1-6-17(7-2)18(20(3)4)13-19-12-15-8-10-16(11-9-15)14-21-5/h8-11,17-19H,6-7,12-14H2,1-5H3. The number of nitrogens with one attached hydrogen (secondary N) is 1. The van der Waals surface area contributed by atoms with Crippen LogP contribution in [-0.2, 0) is 17.9 Å². The number of hydrogen-bond donors (Lipinski definition) is 1. The monoisotopic (exact) mass is 292 g/mol. The van der Waals surface area contributed by atoms with Crippen LogP contribution in [0.3, 0.4) is 0 Å². The van der Waals surface area contributed by atoms with E-state index in [2.05, 4.69) is 62.4 Å². The molecule has 0 heterocycles. The van der Waals surface area contributed by atoms with Crippen molar-refractivity contribution in [3.63, 3.8) is 0 Å². The molecule has 0 saturated heterocycles. The molecule has 21 heavy (non-hydrogen) atoms. The SMILES string of the molecule is CCC(CC)C(CNCc1ccc(COC)cc1)N(C)C. The fourth-order valence-electron chi connectivity index (χ4n) is 2.89. The van der Waals surface area contributed by atoms with Crippen molar-refractivity contribution in [3.8, 4) is 0 Å². The van der Waals surface area contributed by atoms with Gasteiger partial charge in [0.15, 0.2) is 0 Å². The Balaban J connectivity index is 2.46. The maximum absolute atomic E-state index is 5.14. The molecule has 1 unspecified atom stereocenters. The minimum atomic E-state index is 0.604. The molecule has 120 valence electrons. The van der Waals surface area contributed by atoms with E-state index in [9.17, 15) is 0 Å². The lowest BCUT2D eigenvalue weighted by Gasteiger charge is -2.31. The number of benzene rings is 1. The van der Waals surface area contributed by atoms with Crippen LogP contribution in [0.4, 0.5) is 0 Å². The number of ether oxygens (including phenoxy) is 1. The summed E-state index contributed by atoms with van der Waals surface area (Å²) < 4.78 is 5.14. The number of methoxy groups -OCH3 is 1. The Hall–Kier alpha value is -0.900. The molecule has 0 aliphatic heterocycles. The third-order valence-corrected chi connectivity index (χ3v) is 4.27. The molecule has 3 heteroatoms. The number of likely N-dealkylation sites (N-methyl/N-ethyl adjacent to an activating group) is 1. The van der Waals surface area contributed by atoms with Gasteiger partial charge in [-0.1, -0.05) is 51.0 Å². The highest BCUT2D eigenvalue weighted by Gasteiger charge is 2.19. The van der Waals surface area contributed by atoms with Crippen molar-refractivity contribution in [2.24, 2.45) is 5.92 Å². The van der Waals surface area contributed by atoms with Crippen molar-refractivity contribution in [3.05, 3.63) is 35.4 Å². The van der Waals surface area contributed by atoms with Crippen molar-refractivity contribution in [1.82, 2.24) is 10.2 Å². The predicted octanol–water partition coefficient (Wildman–Crippen LogP) is 3.29. The summed E-state index contributed by atoms with van der Waals surface area (Å²) in [5, 5.41) is 3.61. The predicted molar refractivity (Wildman–Crippen MR) is 90.4 cm³/mol. The number of hydrogen-bond acceptors (Lipinski definition) is 3. The zero-order valence-electron chi connectivity index (χ0n) is 14.4. The van der Waals surface area contributed by atoms with Crippen LogP contribution in [0.2, 0.25) is 0 Å². The summed E-state index contributed by atoms with van der Waals surface area (Å²) in [7, 11) is 6.10. The highest BCUT2D eigenvalue weighted by molar-refractivity contribution is 5.21. The van der Waals surface area contributed by atoms with E-state index >= 15 is 0 Å². The first-order chi connectivity index (χ1) is 10.1. The van der Waals surface area contributed by atoms with Gasteiger partial charge < -0.3 is 15.0 Å². The summed E-state index contributed by atoms with van der Waals surface area (Å²) in [5.74, 6) is 0.761. The Morgan fingerprint density at radius 3 is 2.10 bits per heavy atom. The fraction of sp³-hybridized carbons (Fsp3) is 0.667. The molecule has 0 aliphatic rings. The molecule has 3 nitrogen and oxygen atoms in total. The van der Waals surface area contributed by atoms with E-state index in [1.165, 1.54) is 24.0 Å². The van der Waals surface area contributed by atoms with Gasteiger partial charge in [0.05, 0.1) is 6.61 Å². The Morgan fingerprint density at radius 2 is 1.62 bits per heavy atom. The molecule has 0 saturated carbocycles. The molecular formula is C18H32N2O. The smallest absolute Gasteiger partial charge is 0.0713 e. The van der Waals surface area contributed by atoms with Crippen LogP contribution < -0.4 is 5.32 Å². The zero-order chi connectivity index (χ0) is 15.7. The Morgan fingerprint density at radius 1 is 1.05 bits per heavy atom. The third-order valence-electron chi connectivity index (χ3n) is 4.27. The highest BCUT2D eigenvalue weighted by atomic mass is 16.5. The van der Waals surface area contributed by atoms with Crippen LogP contribution in [0, 0.1) is 5.92 Å². The number of rotatable bonds is 10. The van der Waals surface area contributed by atoms with E-state index in [1.54, 1.807) is 7.11 Å². The largest absolute Gasteiger partial charge is 0.380 e. The van der Waals surface area contributed by atoms with E-state index in [0.717, 1.165) is 19.0 Å². The summed E-state index contributed by atoms with van der Waals surface area (Å²) in [6.07, 6.45) is 2.49. The van der Waals surface area contributed by atoms with Gasteiger partial charge >= 0.3 is 0 Å². The van der Waals surface area contributed by atoms with Gasteiger partial charge in [-0.2, -0.15) is 0 Å². The van der Waals surface area contributed by atoms with Gasteiger partial charge in [0, 0.05) is 26.2 Å². The second-order valence-corrected chi connectivity index (χ2v) is 5.99. The molecule has 0 aliphatic carbocycles. The molecule has 1 atom stereocenters. The van der Waals surface area contributed by atoms with Crippen LogP contribution in [0.5, 0.6) is 0 Å². The number of nitrogens with zero attached hydrogens (tertiary/aromatic N) is 1. The van der Waals surface area contributed by atoms with Gasteiger partial charge in [-0.25, -0.2) is 0 Å². The second kappa shape index (κ2) is 9.93. The summed E-state index contributed by atoms with van der Waals surface area (Å²) in [4.78, 5) is 2.35. The van der Waals surface area contributed by atoms with Gasteiger partial charge in [-0.3, -0.25) is 0 Å². The van der Waals surface area contributed by atoms with E-state index in [4.69, 9.17) is 4.74 Å². The summed E-state index contributed by atoms with van der Waals surface area (Å²) in [6, 6.07) is 9.26.